The molecule has 0 spiro atoms. The molecular weight excluding hydrogens is 671 g/mol. The Hall–Kier alpha value is -6.58. The summed E-state index contributed by atoms with van der Waals surface area (Å²) in [5, 5.41) is 4.57. The van der Waals surface area contributed by atoms with Crippen molar-refractivity contribution in [1.82, 2.24) is 0 Å². The average Bonchev–Trinajstić information content (AvgIpc) is 3.70. The van der Waals surface area contributed by atoms with Crippen LogP contribution < -0.4 is 9.64 Å². The topological polar surface area (TPSA) is 25.6 Å². The molecule has 0 N–H and O–H groups in total. The lowest BCUT2D eigenvalue weighted by atomic mass is 9.74. The van der Waals surface area contributed by atoms with Crippen LogP contribution in [0.25, 0.3) is 55.0 Å². The molecule has 2 aliphatic rings. The van der Waals surface area contributed by atoms with Crippen LogP contribution in [-0.2, 0) is 10.8 Å². The third-order valence-corrected chi connectivity index (χ3v) is 12.3. The lowest BCUT2D eigenvalue weighted by molar-refractivity contribution is 0.423. The maximum Gasteiger partial charge on any atom is 0.143 e. The smallest absolute Gasteiger partial charge is 0.143 e. The second kappa shape index (κ2) is 11.5. The molecular formula is C52H39NO2. The normalized spacial score (nSPS) is 14.6. The Morgan fingerprint density at radius 3 is 1.98 bits per heavy atom. The molecule has 9 aromatic rings. The first-order valence-electron chi connectivity index (χ1n) is 19.2. The molecule has 1 aromatic heterocycles. The molecule has 8 aromatic carbocycles. The minimum absolute atomic E-state index is 0.0936. The van der Waals surface area contributed by atoms with E-state index in [0.29, 0.717) is 0 Å². The van der Waals surface area contributed by atoms with Gasteiger partial charge in [-0.2, -0.15) is 0 Å². The molecule has 3 heteroatoms. The van der Waals surface area contributed by atoms with Crippen LogP contribution in [0.4, 0.5) is 17.1 Å². The van der Waals surface area contributed by atoms with E-state index in [9.17, 15) is 0 Å². The zero-order chi connectivity index (χ0) is 37.1. The van der Waals surface area contributed by atoms with E-state index in [-0.39, 0.29) is 10.8 Å². The number of para-hydroxylation sites is 1. The van der Waals surface area contributed by atoms with E-state index in [2.05, 4.69) is 184 Å². The number of furan rings is 1. The second-order valence-corrected chi connectivity index (χ2v) is 16.2. The number of rotatable bonds is 4. The van der Waals surface area contributed by atoms with Gasteiger partial charge in [0.05, 0.1) is 5.39 Å². The van der Waals surface area contributed by atoms with E-state index < -0.39 is 0 Å². The van der Waals surface area contributed by atoms with Crippen molar-refractivity contribution in [2.75, 3.05) is 4.90 Å². The van der Waals surface area contributed by atoms with Gasteiger partial charge in [0, 0.05) is 44.4 Å². The highest BCUT2D eigenvalue weighted by atomic mass is 16.5. The zero-order valence-electron chi connectivity index (χ0n) is 31.4. The van der Waals surface area contributed by atoms with Crippen molar-refractivity contribution < 1.29 is 9.15 Å². The van der Waals surface area contributed by atoms with Gasteiger partial charge in [-0.05, 0) is 105 Å². The number of hydrogen-bond acceptors (Lipinski definition) is 3. The average molecular weight is 710 g/mol. The van der Waals surface area contributed by atoms with Crippen LogP contribution in [0.3, 0.4) is 0 Å². The Kier molecular flexibility index (Phi) is 6.65. The molecule has 11 rings (SSSR count). The van der Waals surface area contributed by atoms with Gasteiger partial charge in [-0.1, -0.05) is 131 Å². The molecule has 0 radical (unpaired) electrons. The number of hydrogen-bond donors (Lipinski definition) is 0. The van der Waals surface area contributed by atoms with E-state index in [0.717, 1.165) is 67.2 Å². The first-order chi connectivity index (χ1) is 26.8. The van der Waals surface area contributed by atoms with Gasteiger partial charge in [-0.15, -0.1) is 0 Å². The number of ether oxygens (including phenoxy) is 1. The zero-order valence-corrected chi connectivity index (χ0v) is 31.4. The predicted molar refractivity (Wildman–Crippen MR) is 228 cm³/mol. The third kappa shape index (κ3) is 4.69. The minimum atomic E-state index is -0.278. The summed E-state index contributed by atoms with van der Waals surface area (Å²) in [4.78, 5) is 2.40. The molecule has 1 aliphatic carbocycles. The van der Waals surface area contributed by atoms with Crippen LogP contribution >= 0.6 is 0 Å². The number of anilines is 3. The van der Waals surface area contributed by atoms with Crippen LogP contribution in [0.2, 0.25) is 0 Å². The summed E-state index contributed by atoms with van der Waals surface area (Å²) in [5.41, 5.74) is 14.8. The second-order valence-electron chi connectivity index (χ2n) is 16.2. The Bertz CT molecular complexity index is 3020. The van der Waals surface area contributed by atoms with Gasteiger partial charge in [0.2, 0.25) is 0 Å². The molecule has 0 saturated heterocycles. The van der Waals surface area contributed by atoms with Gasteiger partial charge >= 0.3 is 0 Å². The predicted octanol–water partition coefficient (Wildman–Crippen LogP) is 14.6. The highest BCUT2D eigenvalue weighted by Crippen LogP contribution is 2.54. The molecule has 1 aliphatic heterocycles. The van der Waals surface area contributed by atoms with Crippen molar-refractivity contribution in [3.63, 3.8) is 0 Å². The first-order valence-corrected chi connectivity index (χ1v) is 19.2. The van der Waals surface area contributed by atoms with Crippen molar-refractivity contribution in [3.8, 4) is 33.8 Å². The van der Waals surface area contributed by atoms with Crippen LogP contribution in [0.1, 0.15) is 49.9 Å². The van der Waals surface area contributed by atoms with Gasteiger partial charge in [-0.25, -0.2) is 0 Å². The molecule has 0 amide bonds. The minimum Gasteiger partial charge on any atom is -0.456 e. The van der Waals surface area contributed by atoms with Crippen LogP contribution in [0, 0.1) is 0 Å². The maximum absolute atomic E-state index is 6.76. The lowest BCUT2D eigenvalue weighted by Crippen LogP contribution is -2.24. The maximum atomic E-state index is 6.76. The summed E-state index contributed by atoms with van der Waals surface area (Å²) >= 11 is 0. The monoisotopic (exact) mass is 709 g/mol. The van der Waals surface area contributed by atoms with Crippen molar-refractivity contribution in [2.45, 2.75) is 38.5 Å². The highest BCUT2D eigenvalue weighted by molar-refractivity contribution is 6.09. The largest absolute Gasteiger partial charge is 0.456 e. The Balaban J connectivity index is 0.991. The summed E-state index contributed by atoms with van der Waals surface area (Å²) < 4.78 is 13.0. The van der Waals surface area contributed by atoms with E-state index in [1.54, 1.807) is 0 Å². The van der Waals surface area contributed by atoms with Crippen molar-refractivity contribution >= 4 is 49.8 Å². The first kappa shape index (κ1) is 31.9. The van der Waals surface area contributed by atoms with Crippen molar-refractivity contribution in [3.05, 3.63) is 186 Å². The van der Waals surface area contributed by atoms with Crippen LogP contribution in [-0.4, -0.2) is 0 Å². The quantitative estimate of drug-likeness (QED) is 0.182. The molecule has 0 saturated carbocycles. The Labute approximate surface area is 321 Å². The molecule has 0 atom stereocenters. The Morgan fingerprint density at radius 2 is 1.11 bits per heavy atom. The van der Waals surface area contributed by atoms with Gasteiger partial charge in [0.15, 0.2) is 0 Å². The molecule has 2 heterocycles. The molecule has 0 unspecified atom stereocenters. The van der Waals surface area contributed by atoms with Crippen LogP contribution in [0.15, 0.2) is 168 Å². The number of fused-ring (bicyclic) bond motifs is 10. The number of benzene rings is 8. The Morgan fingerprint density at radius 1 is 0.436 bits per heavy atom. The van der Waals surface area contributed by atoms with Gasteiger partial charge in [0.25, 0.3) is 0 Å². The summed E-state index contributed by atoms with van der Waals surface area (Å²) in [6, 6.07) is 59.3. The fraction of sp³-hybridized carbons (Fsp3) is 0.115. The fourth-order valence-electron chi connectivity index (χ4n) is 9.32. The van der Waals surface area contributed by atoms with E-state index in [4.69, 9.17) is 9.15 Å². The number of nitrogens with zero attached hydrogens (tertiary/aromatic N) is 1. The molecule has 0 bridgehead atoms. The summed E-state index contributed by atoms with van der Waals surface area (Å²) in [6.07, 6.45) is 0. The lowest BCUT2D eigenvalue weighted by Gasteiger charge is -2.35. The fourth-order valence-corrected chi connectivity index (χ4v) is 9.32. The standard InChI is InChI=1S/C52H39NO2/c1-51(2)42-15-9-7-13-39(42)40-25-24-38(31-44(40)51)53(37-23-19-32-11-5-6-12-34(32)29-37)36-21-17-33(18-22-36)35-20-27-47-45(30-35)52(3,4)43-26-28-48-49(50(43)55-47)41-14-8-10-16-46(41)54-48/h5-31H,1-4H3. The third-order valence-electron chi connectivity index (χ3n) is 12.3. The van der Waals surface area contributed by atoms with E-state index in [1.165, 1.54) is 38.6 Å². The summed E-state index contributed by atoms with van der Waals surface area (Å²) in [6.45, 7) is 9.29. The van der Waals surface area contributed by atoms with Gasteiger partial charge < -0.3 is 14.1 Å². The highest BCUT2D eigenvalue weighted by Gasteiger charge is 2.37. The molecule has 0 fully saturated rings. The molecule has 55 heavy (non-hydrogen) atoms. The van der Waals surface area contributed by atoms with Crippen molar-refractivity contribution in [1.29, 1.82) is 0 Å². The van der Waals surface area contributed by atoms with E-state index in [1.807, 2.05) is 12.1 Å². The SMILES string of the molecule is CC1(C)c2ccccc2-c2ccc(N(c3ccc(-c4ccc5c(c4)C(C)(C)c4ccc6oc7ccccc7c6c4O5)cc3)c3ccc4ccccc4c3)cc21. The summed E-state index contributed by atoms with van der Waals surface area (Å²) in [5.74, 6) is 1.78. The van der Waals surface area contributed by atoms with Gasteiger partial charge in [-0.3, -0.25) is 0 Å². The van der Waals surface area contributed by atoms with Gasteiger partial charge in [0.1, 0.15) is 22.7 Å². The summed E-state index contributed by atoms with van der Waals surface area (Å²) in [7, 11) is 0. The van der Waals surface area contributed by atoms with Crippen molar-refractivity contribution in [2.24, 2.45) is 0 Å². The molecule has 264 valence electrons. The van der Waals surface area contributed by atoms with Crippen LogP contribution in [0.5, 0.6) is 11.5 Å². The molecule has 3 nitrogen and oxygen atoms in total. The van der Waals surface area contributed by atoms with E-state index >= 15 is 0 Å².